The summed E-state index contributed by atoms with van der Waals surface area (Å²) in [6.45, 7) is 0.235. The van der Waals surface area contributed by atoms with Gasteiger partial charge in [0.25, 0.3) is 0 Å². The Hall–Kier alpha value is -1.43. The summed E-state index contributed by atoms with van der Waals surface area (Å²) in [4.78, 5) is 4.20. The molecular formula is C12H13ClN2O3. The predicted molar refractivity (Wildman–Crippen MR) is 66.3 cm³/mol. The van der Waals surface area contributed by atoms with E-state index in [9.17, 15) is 5.11 Å². The van der Waals surface area contributed by atoms with E-state index in [1.165, 1.54) is 7.11 Å². The highest BCUT2D eigenvalue weighted by atomic mass is 35.5. The molecule has 6 heteroatoms. The Morgan fingerprint density at radius 1 is 1.39 bits per heavy atom. The zero-order chi connectivity index (χ0) is 13.0. The highest BCUT2D eigenvalue weighted by Crippen LogP contribution is 2.18. The van der Waals surface area contributed by atoms with Gasteiger partial charge in [-0.2, -0.15) is 4.98 Å². The minimum absolute atomic E-state index is 0.235. The van der Waals surface area contributed by atoms with Gasteiger partial charge < -0.3 is 14.4 Å². The Morgan fingerprint density at radius 2 is 2.11 bits per heavy atom. The first-order chi connectivity index (χ1) is 8.69. The lowest BCUT2D eigenvalue weighted by molar-refractivity contribution is 0.0599. The summed E-state index contributed by atoms with van der Waals surface area (Å²) >= 11 is 5.80. The lowest BCUT2D eigenvalue weighted by Gasteiger charge is -2.04. The first kappa shape index (κ1) is 13.0. The monoisotopic (exact) mass is 268 g/mol. The maximum Gasteiger partial charge on any atom is 0.229 e. The molecule has 18 heavy (non-hydrogen) atoms. The molecule has 1 aromatic heterocycles. The number of rotatable bonds is 5. The third-order valence-electron chi connectivity index (χ3n) is 2.34. The number of ether oxygens (including phenoxy) is 1. The van der Waals surface area contributed by atoms with Gasteiger partial charge >= 0.3 is 0 Å². The van der Waals surface area contributed by atoms with E-state index in [4.69, 9.17) is 20.9 Å². The van der Waals surface area contributed by atoms with Gasteiger partial charge in [0, 0.05) is 17.7 Å². The second-order valence-corrected chi connectivity index (χ2v) is 4.27. The normalized spacial score (nSPS) is 12.6. The van der Waals surface area contributed by atoms with Crippen LogP contribution in [0.15, 0.2) is 28.8 Å². The zero-order valence-electron chi connectivity index (χ0n) is 9.84. The quantitative estimate of drug-likeness (QED) is 0.897. The largest absolute Gasteiger partial charge is 0.390 e. The number of methoxy groups -OCH3 is 1. The van der Waals surface area contributed by atoms with Gasteiger partial charge in [0.15, 0.2) is 0 Å². The number of hydrogen-bond acceptors (Lipinski definition) is 5. The average Bonchev–Trinajstić information content (AvgIpc) is 2.78. The standard InChI is InChI=1S/C12H13ClN2O3/c1-17-7-10(16)6-11-14-12(15-18-11)8-2-4-9(13)5-3-8/h2-5,10,16H,6-7H2,1H3. The van der Waals surface area contributed by atoms with Crippen molar-refractivity contribution in [1.82, 2.24) is 10.1 Å². The van der Waals surface area contributed by atoms with E-state index in [-0.39, 0.29) is 13.0 Å². The smallest absolute Gasteiger partial charge is 0.229 e. The third-order valence-corrected chi connectivity index (χ3v) is 2.59. The summed E-state index contributed by atoms with van der Waals surface area (Å²) in [6.07, 6.45) is -0.373. The zero-order valence-corrected chi connectivity index (χ0v) is 10.6. The van der Waals surface area contributed by atoms with E-state index in [2.05, 4.69) is 10.1 Å². The maximum absolute atomic E-state index is 9.55. The van der Waals surface area contributed by atoms with Crippen LogP contribution in [0.25, 0.3) is 11.4 Å². The Labute approximate surface area is 109 Å². The summed E-state index contributed by atoms with van der Waals surface area (Å²) in [5.41, 5.74) is 0.815. The van der Waals surface area contributed by atoms with Gasteiger partial charge in [0.1, 0.15) is 0 Å². The number of aliphatic hydroxyl groups is 1. The van der Waals surface area contributed by atoms with E-state index in [0.717, 1.165) is 5.56 Å². The molecule has 0 spiro atoms. The summed E-state index contributed by atoms with van der Waals surface area (Å²) < 4.78 is 9.88. The van der Waals surface area contributed by atoms with Gasteiger partial charge in [-0.1, -0.05) is 16.8 Å². The highest BCUT2D eigenvalue weighted by molar-refractivity contribution is 6.30. The summed E-state index contributed by atoms with van der Waals surface area (Å²) in [5.74, 6) is 0.857. The minimum Gasteiger partial charge on any atom is -0.390 e. The number of aromatic nitrogens is 2. The van der Waals surface area contributed by atoms with Crippen LogP contribution in [0.1, 0.15) is 5.89 Å². The molecule has 1 atom stereocenters. The van der Waals surface area contributed by atoms with E-state index >= 15 is 0 Å². The van der Waals surface area contributed by atoms with Crippen molar-refractivity contribution in [3.8, 4) is 11.4 Å². The van der Waals surface area contributed by atoms with Crippen LogP contribution in [0.4, 0.5) is 0 Å². The molecule has 2 aromatic rings. The van der Waals surface area contributed by atoms with Crippen LogP contribution in [-0.2, 0) is 11.2 Å². The van der Waals surface area contributed by atoms with Crippen molar-refractivity contribution in [1.29, 1.82) is 0 Å². The maximum atomic E-state index is 9.55. The molecule has 0 aliphatic heterocycles. The third kappa shape index (κ3) is 3.29. The summed E-state index contributed by atoms with van der Waals surface area (Å²) in [7, 11) is 1.52. The van der Waals surface area contributed by atoms with Crippen LogP contribution in [-0.4, -0.2) is 35.1 Å². The summed E-state index contributed by atoms with van der Waals surface area (Å²) in [6, 6.07) is 7.13. The number of benzene rings is 1. The SMILES string of the molecule is COCC(O)Cc1nc(-c2ccc(Cl)cc2)no1. The molecule has 96 valence electrons. The molecule has 1 N–H and O–H groups in total. The molecule has 0 fully saturated rings. The molecule has 0 saturated carbocycles. The fraction of sp³-hybridized carbons (Fsp3) is 0.333. The fourth-order valence-corrected chi connectivity index (χ4v) is 1.63. The lowest BCUT2D eigenvalue weighted by Crippen LogP contribution is -2.17. The average molecular weight is 269 g/mol. The molecular weight excluding hydrogens is 256 g/mol. The molecule has 5 nitrogen and oxygen atoms in total. The van der Waals surface area contributed by atoms with Crippen LogP contribution in [0.3, 0.4) is 0 Å². The van der Waals surface area contributed by atoms with Gasteiger partial charge in [0.05, 0.1) is 19.1 Å². The molecule has 0 bridgehead atoms. The molecule has 0 amide bonds. The Bertz CT molecular complexity index is 498. The second kappa shape index (κ2) is 5.95. The molecule has 1 heterocycles. The molecule has 0 aliphatic carbocycles. The van der Waals surface area contributed by atoms with Crippen LogP contribution >= 0.6 is 11.6 Å². The predicted octanol–water partition coefficient (Wildman–Crippen LogP) is 1.94. The van der Waals surface area contributed by atoms with Crippen molar-refractivity contribution in [2.24, 2.45) is 0 Å². The Morgan fingerprint density at radius 3 is 2.78 bits per heavy atom. The van der Waals surface area contributed by atoms with Crippen molar-refractivity contribution in [3.05, 3.63) is 35.2 Å². The molecule has 0 radical (unpaired) electrons. The molecule has 0 saturated heterocycles. The summed E-state index contributed by atoms with van der Waals surface area (Å²) in [5, 5.41) is 14.0. The number of hydrogen-bond donors (Lipinski definition) is 1. The first-order valence-corrected chi connectivity index (χ1v) is 5.82. The van der Waals surface area contributed by atoms with Gasteiger partial charge in [-0.25, -0.2) is 0 Å². The lowest BCUT2D eigenvalue weighted by atomic mass is 10.2. The molecule has 1 unspecified atom stereocenters. The first-order valence-electron chi connectivity index (χ1n) is 5.44. The van der Waals surface area contributed by atoms with E-state index in [0.29, 0.717) is 16.7 Å². The van der Waals surface area contributed by atoms with Gasteiger partial charge in [-0.05, 0) is 24.3 Å². The number of halogens is 1. The van der Waals surface area contributed by atoms with Crippen molar-refractivity contribution < 1.29 is 14.4 Å². The van der Waals surface area contributed by atoms with E-state index < -0.39 is 6.10 Å². The van der Waals surface area contributed by atoms with Crippen LogP contribution < -0.4 is 0 Å². The van der Waals surface area contributed by atoms with Crippen molar-refractivity contribution in [3.63, 3.8) is 0 Å². The Kier molecular flexibility index (Phi) is 4.30. The van der Waals surface area contributed by atoms with Crippen LogP contribution in [0, 0.1) is 0 Å². The molecule has 1 aromatic carbocycles. The van der Waals surface area contributed by atoms with Crippen LogP contribution in [0.5, 0.6) is 0 Å². The second-order valence-electron chi connectivity index (χ2n) is 3.83. The van der Waals surface area contributed by atoms with Gasteiger partial charge in [-0.3, -0.25) is 0 Å². The number of aliphatic hydroxyl groups excluding tert-OH is 1. The van der Waals surface area contributed by atoms with Crippen LogP contribution in [0.2, 0.25) is 5.02 Å². The fourth-order valence-electron chi connectivity index (χ4n) is 1.51. The topological polar surface area (TPSA) is 68.4 Å². The Balaban J connectivity index is 2.08. The van der Waals surface area contributed by atoms with E-state index in [1.54, 1.807) is 12.1 Å². The van der Waals surface area contributed by atoms with E-state index in [1.807, 2.05) is 12.1 Å². The van der Waals surface area contributed by atoms with Crippen molar-refractivity contribution >= 4 is 11.6 Å². The van der Waals surface area contributed by atoms with Gasteiger partial charge in [-0.15, -0.1) is 0 Å². The van der Waals surface area contributed by atoms with Crippen molar-refractivity contribution in [2.75, 3.05) is 13.7 Å². The minimum atomic E-state index is -0.645. The van der Waals surface area contributed by atoms with Gasteiger partial charge in [0.2, 0.25) is 11.7 Å². The van der Waals surface area contributed by atoms with Crippen molar-refractivity contribution in [2.45, 2.75) is 12.5 Å². The molecule has 0 aliphatic rings. The number of nitrogens with zero attached hydrogens (tertiary/aromatic N) is 2. The highest BCUT2D eigenvalue weighted by Gasteiger charge is 2.13. The molecule has 2 rings (SSSR count).